The molecule has 0 aliphatic heterocycles. The van der Waals surface area contributed by atoms with Crippen LogP contribution in [-0.2, 0) is 9.84 Å². The van der Waals surface area contributed by atoms with Gasteiger partial charge in [0.1, 0.15) is 11.6 Å². The van der Waals surface area contributed by atoms with E-state index in [1.807, 2.05) is 22.6 Å². The minimum Gasteiger partial charge on any atom is -0.455 e. The fraction of sp³-hybridized carbons (Fsp3) is 0.0769. The molecule has 0 aliphatic rings. The molecule has 0 heterocycles. The molecule has 0 aliphatic carbocycles. The van der Waals surface area contributed by atoms with Crippen molar-refractivity contribution in [2.24, 2.45) is 0 Å². The maximum Gasteiger partial charge on any atom is 0.175 e. The highest BCUT2D eigenvalue weighted by Gasteiger charge is 2.11. The molecule has 20 heavy (non-hydrogen) atoms. The van der Waals surface area contributed by atoms with E-state index in [9.17, 15) is 12.8 Å². The van der Waals surface area contributed by atoms with Crippen molar-refractivity contribution in [2.45, 2.75) is 4.90 Å². The number of benzene rings is 2. The van der Waals surface area contributed by atoms with Crippen molar-refractivity contribution in [1.29, 1.82) is 0 Å². The summed E-state index contributed by atoms with van der Waals surface area (Å²) in [7, 11) is -3.33. The second-order valence-corrected chi connectivity index (χ2v) is 7.33. The van der Waals surface area contributed by atoms with Crippen molar-refractivity contribution in [3.63, 3.8) is 0 Å². The molecular formula is C13H11FINO3S. The smallest absolute Gasteiger partial charge is 0.175 e. The van der Waals surface area contributed by atoms with Crippen molar-refractivity contribution in [2.75, 3.05) is 12.0 Å². The van der Waals surface area contributed by atoms with Crippen molar-refractivity contribution < 1.29 is 17.5 Å². The summed E-state index contributed by atoms with van der Waals surface area (Å²) in [6.45, 7) is 0. The zero-order valence-corrected chi connectivity index (χ0v) is 13.4. The Bertz CT molecular complexity index is 762. The summed E-state index contributed by atoms with van der Waals surface area (Å²) in [6, 6.07) is 8.57. The molecule has 0 spiro atoms. The zero-order valence-electron chi connectivity index (χ0n) is 10.4. The van der Waals surface area contributed by atoms with E-state index < -0.39 is 15.7 Å². The molecule has 2 rings (SSSR count). The molecule has 4 nitrogen and oxygen atoms in total. The minimum atomic E-state index is -3.33. The highest BCUT2D eigenvalue weighted by atomic mass is 127. The third-order valence-electron chi connectivity index (χ3n) is 2.51. The summed E-state index contributed by atoms with van der Waals surface area (Å²) in [6.07, 6.45) is 1.10. The monoisotopic (exact) mass is 407 g/mol. The normalized spacial score (nSPS) is 11.3. The largest absolute Gasteiger partial charge is 0.455 e. The van der Waals surface area contributed by atoms with Crippen LogP contribution in [0.25, 0.3) is 0 Å². The predicted octanol–water partition coefficient (Wildman–Crippen LogP) is 3.21. The maximum atomic E-state index is 13.5. The molecule has 2 N–H and O–H groups in total. The fourth-order valence-corrected chi connectivity index (χ4v) is 2.67. The number of hydrogen-bond donors (Lipinski definition) is 1. The Balaban J connectivity index is 2.38. The van der Waals surface area contributed by atoms with E-state index in [1.165, 1.54) is 24.3 Å². The van der Waals surface area contributed by atoms with Crippen LogP contribution >= 0.6 is 22.6 Å². The van der Waals surface area contributed by atoms with Crippen LogP contribution in [0.15, 0.2) is 41.3 Å². The van der Waals surface area contributed by atoms with Crippen LogP contribution in [0.1, 0.15) is 0 Å². The maximum absolute atomic E-state index is 13.5. The molecule has 0 aromatic heterocycles. The van der Waals surface area contributed by atoms with Crippen LogP contribution in [0, 0.1) is 9.39 Å². The number of rotatable bonds is 3. The molecule has 0 bridgehead atoms. The van der Waals surface area contributed by atoms with Gasteiger partial charge in [-0.3, -0.25) is 0 Å². The molecule has 2 aromatic rings. The molecule has 0 radical (unpaired) electrons. The lowest BCUT2D eigenvalue weighted by molar-refractivity contribution is 0.477. The third-order valence-corrected chi connectivity index (χ3v) is 4.45. The van der Waals surface area contributed by atoms with Gasteiger partial charge in [0.2, 0.25) is 0 Å². The molecule has 7 heteroatoms. The van der Waals surface area contributed by atoms with Crippen LogP contribution in [0.2, 0.25) is 0 Å². The number of anilines is 1. The summed E-state index contributed by atoms with van der Waals surface area (Å²) < 4.78 is 42.2. The molecule has 2 aromatic carbocycles. The molecule has 0 saturated carbocycles. The van der Waals surface area contributed by atoms with E-state index in [1.54, 1.807) is 12.1 Å². The van der Waals surface area contributed by atoms with Crippen molar-refractivity contribution >= 4 is 38.1 Å². The first-order valence-electron chi connectivity index (χ1n) is 5.50. The van der Waals surface area contributed by atoms with Gasteiger partial charge in [0.05, 0.1) is 14.2 Å². The van der Waals surface area contributed by atoms with Crippen LogP contribution in [0.5, 0.6) is 11.5 Å². The Morgan fingerprint density at radius 1 is 1.25 bits per heavy atom. The first kappa shape index (κ1) is 15.0. The lowest BCUT2D eigenvalue weighted by Crippen LogP contribution is -1.98. The Morgan fingerprint density at radius 2 is 1.95 bits per heavy atom. The summed E-state index contributed by atoms with van der Waals surface area (Å²) in [5, 5.41) is 0. The molecule has 0 amide bonds. The van der Waals surface area contributed by atoms with E-state index in [0.717, 1.165) is 6.26 Å². The van der Waals surface area contributed by atoms with Gasteiger partial charge in [-0.2, -0.15) is 0 Å². The van der Waals surface area contributed by atoms with Gasteiger partial charge in [0.25, 0.3) is 0 Å². The molecular weight excluding hydrogens is 396 g/mol. The van der Waals surface area contributed by atoms with Crippen molar-refractivity contribution in [3.8, 4) is 11.5 Å². The average Bonchev–Trinajstić information content (AvgIpc) is 2.35. The topological polar surface area (TPSA) is 69.4 Å². The van der Waals surface area contributed by atoms with E-state index >= 15 is 0 Å². The van der Waals surface area contributed by atoms with Crippen LogP contribution in [-0.4, -0.2) is 14.7 Å². The Hall–Kier alpha value is -1.35. The number of hydrogen-bond acceptors (Lipinski definition) is 4. The van der Waals surface area contributed by atoms with E-state index in [0.29, 0.717) is 3.57 Å². The number of halogens is 2. The SMILES string of the molecule is CS(=O)(=O)c1cccc(Oc2cc(F)c(I)cc2N)c1. The van der Waals surface area contributed by atoms with Crippen molar-refractivity contribution in [1.82, 2.24) is 0 Å². The third kappa shape index (κ3) is 3.40. The second kappa shape index (κ2) is 5.57. The van der Waals surface area contributed by atoms with E-state index in [4.69, 9.17) is 10.5 Å². The van der Waals surface area contributed by atoms with Gasteiger partial charge in [-0.15, -0.1) is 0 Å². The number of nitrogens with two attached hydrogens (primary N) is 1. The van der Waals surface area contributed by atoms with Gasteiger partial charge >= 0.3 is 0 Å². The number of nitrogen functional groups attached to an aromatic ring is 1. The Labute approximate surface area is 129 Å². The predicted molar refractivity (Wildman–Crippen MR) is 83.2 cm³/mol. The lowest BCUT2D eigenvalue weighted by Gasteiger charge is -2.10. The van der Waals surface area contributed by atoms with Gasteiger partial charge in [-0.05, 0) is 46.9 Å². The van der Waals surface area contributed by atoms with Crippen LogP contribution in [0.4, 0.5) is 10.1 Å². The Kier molecular flexibility index (Phi) is 4.19. The van der Waals surface area contributed by atoms with Gasteiger partial charge in [0, 0.05) is 12.3 Å². The summed E-state index contributed by atoms with van der Waals surface area (Å²) in [5.41, 5.74) is 6.03. The van der Waals surface area contributed by atoms with Crippen LogP contribution < -0.4 is 10.5 Å². The van der Waals surface area contributed by atoms with Crippen molar-refractivity contribution in [3.05, 3.63) is 45.8 Å². The van der Waals surface area contributed by atoms with Gasteiger partial charge < -0.3 is 10.5 Å². The first-order chi connectivity index (χ1) is 9.27. The molecule has 106 valence electrons. The molecule has 0 fully saturated rings. The summed E-state index contributed by atoms with van der Waals surface area (Å²) in [5.74, 6) is -0.0251. The quantitative estimate of drug-likeness (QED) is 0.627. The summed E-state index contributed by atoms with van der Waals surface area (Å²) >= 11 is 1.82. The van der Waals surface area contributed by atoms with E-state index in [-0.39, 0.29) is 22.1 Å². The zero-order chi connectivity index (χ0) is 14.9. The molecule has 0 saturated heterocycles. The van der Waals surface area contributed by atoms with Gasteiger partial charge in [0.15, 0.2) is 15.6 Å². The van der Waals surface area contributed by atoms with Gasteiger partial charge in [-0.25, -0.2) is 12.8 Å². The number of sulfone groups is 1. The minimum absolute atomic E-state index is 0.125. The summed E-state index contributed by atoms with van der Waals surface area (Å²) in [4.78, 5) is 0.125. The average molecular weight is 407 g/mol. The molecule has 0 unspecified atom stereocenters. The second-order valence-electron chi connectivity index (χ2n) is 4.15. The Morgan fingerprint density at radius 3 is 2.60 bits per heavy atom. The van der Waals surface area contributed by atoms with Gasteiger partial charge in [-0.1, -0.05) is 6.07 Å². The fourth-order valence-electron chi connectivity index (χ4n) is 1.53. The first-order valence-corrected chi connectivity index (χ1v) is 8.47. The van der Waals surface area contributed by atoms with Crippen LogP contribution in [0.3, 0.4) is 0 Å². The highest BCUT2D eigenvalue weighted by molar-refractivity contribution is 14.1. The highest BCUT2D eigenvalue weighted by Crippen LogP contribution is 2.31. The van der Waals surface area contributed by atoms with E-state index in [2.05, 4.69) is 0 Å². The molecule has 0 atom stereocenters. The standard InChI is InChI=1S/C13H11FINO3S/c1-20(17,18)9-4-2-3-8(5-9)19-13-6-10(14)11(15)7-12(13)16/h2-7H,16H2,1H3. The number of ether oxygens (including phenoxy) is 1. The lowest BCUT2D eigenvalue weighted by atomic mass is 10.3.